The molecule has 0 unspecified atom stereocenters. The average molecular weight is 391 g/mol. The lowest BCUT2D eigenvalue weighted by Crippen LogP contribution is -2.34. The van der Waals surface area contributed by atoms with Gasteiger partial charge < -0.3 is 15.6 Å². The van der Waals surface area contributed by atoms with E-state index in [0.717, 1.165) is 38.9 Å². The third-order valence-corrected chi connectivity index (χ3v) is 5.82. The number of H-pyrrole nitrogens is 1. The highest BCUT2D eigenvalue weighted by atomic mass is 19.1. The van der Waals surface area contributed by atoms with Gasteiger partial charge in [-0.15, -0.1) is 0 Å². The van der Waals surface area contributed by atoms with Crippen LogP contribution >= 0.6 is 0 Å². The average Bonchev–Trinajstić information content (AvgIpc) is 2.99. The summed E-state index contributed by atoms with van der Waals surface area (Å²) in [6, 6.07) is 7.27. The Hall–Kier alpha value is -3.41. The lowest BCUT2D eigenvalue weighted by molar-refractivity contribution is -0.126. The number of fused-ring (bicyclic) bond motifs is 2. The number of benzene rings is 2. The number of hydrogen-bond acceptors (Lipinski definition) is 2. The van der Waals surface area contributed by atoms with Gasteiger partial charge in [-0.25, -0.2) is 4.39 Å². The zero-order valence-corrected chi connectivity index (χ0v) is 16.4. The van der Waals surface area contributed by atoms with Gasteiger partial charge in [-0.2, -0.15) is 0 Å². The van der Waals surface area contributed by atoms with Crippen LogP contribution in [0, 0.1) is 19.7 Å². The highest BCUT2D eigenvalue weighted by Crippen LogP contribution is 2.39. The molecule has 2 aromatic carbocycles. The van der Waals surface area contributed by atoms with E-state index in [2.05, 4.69) is 11.6 Å². The lowest BCUT2D eigenvalue weighted by atomic mass is 9.87. The van der Waals surface area contributed by atoms with E-state index in [4.69, 9.17) is 5.73 Å². The number of nitrogens with one attached hydrogen (secondary N) is 1. The minimum atomic E-state index is -0.797. The smallest absolute Gasteiger partial charge is 0.253 e. The molecule has 29 heavy (non-hydrogen) atoms. The molecule has 4 rings (SSSR count). The number of nitrogens with zero attached hydrogens (tertiary/aromatic N) is 1. The number of primary amides is 1. The third-order valence-electron chi connectivity index (χ3n) is 5.82. The fraction of sp³-hybridized carbons (Fsp3) is 0.217. The number of aromatic nitrogens is 1. The SMILES string of the molecule is C=CC(=O)N1CCc2c(cccc2-c2cc(F)c(C(N)=O)c3[nH]c(C)c(C)c23)C1. The maximum absolute atomic E-state index is 14.9. The fourth-order valence-corrected chi connectivity index (χ4v) is 4.27. The Labute approximate surface area is 168 Å². The van der Waals surface area contributed by atoms with Crippen molar-refractivity contribution in [3.63, 3.8) is 0 Å². The van der Waals surface area contributed by atoms with Gasteiger partial charge in [0.15, 0.2) is 0 Å². The first-order chi connectivity index (χ1) is 13.8. The van der Waals surface area contributed by atoms with E-state index in [9.17, 15) is 14.0 Å². The molecule has 0 aliphatic carbocycles. The Bertz CT molecular complexity index is 1190. The number of amides is 2. The van der Waals surface area contributed by atoms with Crippen LogP contribution < -0.4 is 5.73 Å². The van der Waals surface area contributed by atoms with Crippen molar-refractivity contribution in [2.45, 2.75) is 26.8 Å². The Morgan fingerprint density at radius 1 is 1.28 bits per heavy atom. The molecule has 0 radical (unpaired) electrons. The van der Waals surface area contributed by atoms with E-state index >= 15 is 0 Å². The Morgan fingerprint density at radius 2 is 2.03 bits per heavy atom. The van der Waals surface area contributed by atoms with Gasteiger partial charge in [0.2, 0.25) is 5.91 Å². The summed E-state index contributed by atoms with van der Waals surface area (Å²) in [6.45, 7) is 8.46. The monoisotopic (exact) mass is 391 g/mol. The summed E-state index contributed by atoms with van der Waals surface area (Å²) < 4.78 is 14.9. The molecule has 0 saturated carbocycles. The van der Waals surface area contributed by atoms with Crippen molar-refractivity contribution >= 4 is 22.7 Å². The van der Waals surface area contributed by atoms with Crippen LogP contribution in [0.15, 0.2) is 36.9 Å². The van der Waals surface area contributed by atoms with Crippen molar-refractivity contribution in [1.82, 2.24) is 9.88 Å². The van der Waals surface area contributed by atoms with E-state index in [-0.39, 0.29) is 11.5 Å². The van der Waals surface area contributed by atoms with Gasteiger partial charge in [0.1, 0.15) is 5.82 Å². The van der Waals surface area contributed by atoms with Crippen LogP contribution in [-0.4, -0.2) is 28.2 Å². The number of hydrogen-bond donors (Lipinski definition) is 2. The topological polar surface area (TPSA) is 79.2 Å². The normalized spacial score (nSPS) is 13.4. The highest BCUT2D eigenvalue weighted by Gasteiger charge is 2.25. The first kappa shape index (κ1) is 18.9. The number of carbonyl (C=O) groups excluding carboxylic acids is 2. The maximum atomic E-state index is 14.9. The van der Waals surface area contributed by atoms with Crippen LogP contribution in [0.1, 0.15) is 32.7 Å². The molecule has 0 saturated heterocycles. The molecule has 1 aliphatic rings. The van der Waals surface area contributed by atoms with Gasteiger partial charge in [0, 0.05) is 24.2 Å². The summed E-state index contributed by atoms with van der Waals surface area (Å²) in [5.74, 6) is -1.54. The van der Waals surface area contributed by atoms with E-state index in [1.165, 1.54) is 12.1 Å². The van der Waals surface area contributed by atoms with Crippen LogP contribution in [0.4, 0.5) is 4.39 Å². The molecule has 148 valence electrons. The number of halogens is 1. The Balaban J connectivity index is 1.96. The minimum Gasteiger partial charge on any atom is -0.365 e. The Kier molecular flexibility index (Phi) is 4.49. The molecule has 3 N–H and O–H groups in total. The van der Waals surface area contributed by atoms with Crippen molar-refractivity contribution in [3.8, 4) is 11.1 Å². The summed E-state index contributed by atoms with van der Waals surface area (Å²) in [7, 11) is 0. The molecule has 3 aromatic rings. The van der Waals surface area contributed by atoms with Crippen molar-refractivity contribution in [2.75, 3.05) is 6.54 Å². The second-order valence-electron chi connectivity index (χ2n) is 7.43. The van der Waals surface area contributed by atoms with Crippen molar-refractivity contribution in [1.29, 1.82) is 0 Å². The maximum Gasteiger partial charge on any atom is 0.253 e. The first-order valence-electron chi connectivity index (χ1n) is 9.47. The molecule has 0 fully saturated rings. The Morgan fingerprint density at radius 3 is 2.72 bits per heavy atom. The predicted molar refractivity (Wildman–Crippen MR) is 111 cm³/mol. The predicted octanol–water partition coefficient (Wildman–Crippen LogP) is 3.76. The summed E-state index contributed by atoms with van der Waals surface area (Å²) in [5, 5.41) is 0.802. The summed E-state index contributed by atoms with van der Waals surface area (Å²) >= 11 is 0. The van der Waals surface area contributed by atoms with Crippen LogP contribution in [0.2, 0.25) is 0 Å². The molecule has 2 amide bonds. The van der Waals surface area contributed by atoms with Gasteiger partial charge in [0.25, 0.3) is 5.91 Å². The van der Waals surface area contributed by atoms with Gasteiger partial charge in [-0.05, 0) is 60.2 Å². The molecule has 6 heteroatoms. The zero-order valence-electron chi connectivity index (χ0n) is 16.4. The molecule has 1 aliphatic heterocycles. The molecule has 0 bridgehead atoms. The van der Waals surface area contributed by atoms with Crippen LogP contribution in [0.3, 0.4) is 0 Å². The molecule has 2 heterocycles. The fourth-order valence-electron chi connectivity index (χ4n) is 4.27. The van der Waals surface area contributed by atoms with Crippen molar-refractivity contribution in [2.24, 2.45) is 5.73 Å². The number of carbonyl (C=O) groups is 2. The van der Waals surface area contributed by atoms with E-state index in [1.807, 2.05) is 32.0 Å². The first-order valence-corrected chi connectivity index (χ1v) is 9.47. The molecule has 5 nitrogen and oxygen atoms in total. The van der Waals surface area contributed by atoms with Crippen molar-refractivity contribution in [3.05, 3.63) is 70.7 Å². The quantitative estimate of drug-likeness (QED) is 0.667. The summed E-state index contributed by atoms with van der Waals surface area (Å²) in [4.78, 5) is 28.8. The third kappa shape index (κ3) is 2.92. The van der Waals surface area contributed by atoms with Gasteiger partial charge in [-0.3, -0.25) is 9.59 Å². The number of aromatic amines is 1. The largest absolute Gasteiger partial charge is 0.365 e. The number of rotatable bonds is 3. The number of nitrogens with two attached hydrogens (primary N) is 1. The lowest BCUT2D eigenvalue weighted by Gasteiger charge is -2.29. The zero-order chi connectivity index (χ0) is 20.9. The molecular weight excluding hydrogens is 369 g/mol. The molecule has 0 spiro atoms. The summed E-state index contributed by atoms with van der Waals surface area (Å²) in [6.07, 6.45) is 1.98. The van der Waals surface area contributed by atoms with Gasteiger partial charge in [0.05, 0.1) is 11.1 Å². The highest BCUT2D eigenvalue weighted by molar-refractivity contribution is 6.11. The second-order valence-corrected chi connectivity index (χ2v) is 7.43. The van der Waals surface area contributed by atoms with Gasteiger partial charge in [-0.1, -0.05) is 24.8 Å². The molecule has 1 aromatic heterocycles. The number of aryl methyl sites for hydroxylation is 2. The van der Waals surface area contributed by atoms with Crippen LogP contribution in [-0.2, 0) is 17.8 Å². The standard InChI is InChI=1S/C23H22FN3O2/c1-4-19(28)27-9-8-15-14(11-27)6-5-7-16(15)17-10-18(24)21(23(25)29)22-20(17)12(2)13(3)26-22/h4-7,10,26H,1,8-9,11H2,2-3H3,(H2,25,29). The van der Waals surface area contributed by atoms with E-state index < -0.39 is 11.7 Å². The van der Waals surface area contributed by atoms with E-state index in [1.54, 1.807) is 4.90 Å². The van der Waals surface area contributed by atoms with Crippen LogP contribution in [0.5, 0.6) is 0 Å². The second kappa shape index (κ2) is 6.88. The van der Waals surface area contributed by atoms with Crippen LogP contribution in [0.25, 0.3) is 22.0 Å². The van der Waals surface area contributed by atoms with Crippen molar-refractivity contribution < 1.29 is 14.0 Å². The minimum absolute atomic E-state index is 0.0996. The molecule has 0 atom stereocenters. The molecular formula is C23H22FN3O2. The summed E-state index contributed by atoms with van der Waals surface area (Å²) in [5.41, 5.74) is 11.3. The van der Waals surface area contributed by atoms with E-state index in [0.29, 0.717) is 25.0 Å². The van der Waals surface area contributed by atoms with Gasteiger partial charge >= 0.3 is 0 Å².